The van der Waals surface area contributed by atoms with Crippen LogP contribution in [0.1, 0.15) is 0 Å². The van der Waals surface area contributed by atoms with E-state index in [-0.39, 0.29) is 0 Å². The zero-order valence-corrected chi connectivity index (χ0v) is 69.7. The van der Waals surface area contributed by atoms with E-state index in [1.54, 1.807) is 0 Å². The predicted octanol–water partition coefficient (Wildman–Crippen LogP) is 33.9. The number of hydrogen-bond donors (Lipinski definition) is 0. The van der Waals surface area contributed by atoms with Crippen molar-refractivity contribution in [2.45, 2.75) is 0 Å². The van der Waals surface area contributed by atoms with E-state index in [9.17, 15) is 0 Å². The summed E-state index contributed by atoms with van der Waals surface area (Å²) in [5.41, 5.74) is 15.6. The van der Waals surface area contributed by atoms with Gasteiger partial charge in [0, 0.05) is 91.7 Å². The summed E-state index contributed by atoms with van der Waals surface area (Å²) in [6.45, 7) is 0. The third kappa shape index (κ3) is 13.1. The number of furan rings is 1. The molecule has 0 aliphatic heterocycles. The molecule has 0 aliphatic rings. The van der Waals surface area contributed by atoms with Crippen molar-refractivity contribution in [1.29, 1.82) is 0 Å². The Labute approximate surface area is 736 Å². The van der Waals surface area contributed by atoms with Crippen LogP contribution in [0, 0.1) is 0 Å². The fraction of sp³-hybridized carbons (Fsp3) is 0. The molecule has 0 unspecified atom stereocenters. The monoisotopic (exact) mass is 1640 g/mol. The van der Waals surface area contributed by atoms with Crippen molar-refractivity contribution < 1.29 is 4.42 Å². The van der Waals surface area contributed by atoms with Crippen LogP contribution in [0.25, 0.3) is 183 Å². The molecule has 26 rings (SSSR count). The SMILES string of the molecule is c1ccc(-c2cccc(N(c3ccc4c5ccccc5c5ccccc5c4c3)c3nc4ccccc4c4ccccc34)c2)cc1.c1ccc(-c2cccc(N(c3nc4ccccc4c4ccccc34)c3cccc4c3oc3ccccc34)c2)cc1.c1ccc2c(c1)ccc1cc(N(c3ccc4sc5ccccc5c4c3)c3nc4ccccc4c4ccccc34)ccc12. The van der Waals surface area contributed by atoms with Crippen molar-refractivity contribution in [1.82, 2.24) is 15.0 Å². The highest BCUT2D eigenvalue weighted by molar-refractivity contribution is 7.25. The molecule has 5 heterocycles. The van der Waals surface area contributed by atoms with Crippen LogP contribution < -0.4 is 14.7 Å². The fourth-order valence-electron chi connectivity index (χ4n) is 19.2. The molecule has 0 saturated carbocycles. The molecule has 127 heavy (non-hydrogen) atoms. The van der Waals surface area contributed by atoms with E-state index in [0.717, 1.165) is 123 Å². The molecular formula is C119H76N6OS. The molecule has 0 atom stereocenters. The average Bonchev–Trinajstić information content (AvgIpc) is 1.64. The summed E-state index contributed by atoms with van der Waals surface area (Å²) in [4.78, 5) is 23.0. The summed E-state index contributed by atoms with van der Waals surface area (Å²) in [5, 5.41) is 27.7. The Morgan fingerprint density at radius 2 is 0.520 bits per heavy atom. The highest BCUT2D eigenvalue weighted by Gasteiger charge is 2.27. The second kappa shape index (κ2) is 31.4. The van der Waals surface area contributed by atoms with Crippen LogP contribution in [0.2, 0.25) is 0 Å². The Balaban J connectivity index is 0.000000106. The van der Waals surface area contributed by atoms with Gasteiger partial charge >= 0.3 is 0 Å². The molecule has 0 aliphatic carbocycles. The number of pyridine rings is 3. The normalized spacial score (nSPS) is 11.6. The maximum atomic E-state index is 6.55. The van der Waals surface area contributed by atoms with Crippen LogP contribution in [0.5, 0.6) is 0 Å². The van der Waals surface area contributed by atoms with Crippen molar-refractivity contribution in [3.8, 4) is 22.3 Å². The van der Waals surface area contributed by atoms with Crippen LogP contribution >= 0.6 is 11.3 Å². The molecule has 0 amide bonds. The molecule has 0 saturated heterocycles. The average molecular weight is 1640 g/mol. The minimum Gasteiger partial charge on any atom is -0.454 e. The van der Waals surface area contributed by atoms with Gasteiger partial charge in [0.05, 0.1) is 22.2 Å². The summed E-state index contributed by atoms with van der Waals surface area (Å²) in [6, 6.07) is 164. The van der Waals surface area contributed by atoms with Gasteiger partial charge in [-0.25, -0.2) is 15.0 Å². The molecule has 7 nitrogen and oxygen atoms in total. The third-order valence-electron chi connectivity index (χ3n) is 25.0. The van der Waals surface area contributed by atoms with Crippen molar-refractivity contribution in [3.63, 3.8) is 0 Å². The van der Waals surface area contributed by atoms with Gasteiger partial charge in [-0.3, -0.25) is 14.7 Å². The van der Waals surface area contributed by atoms with Crippen molar-refractivity contribution in [2.75, 3.05) is 14.7 Å². The van der Waals surface area contributed by atoms with Crippen molar-refractivity contribution in [3.05, 3.63) is 461 Å². The molecule has 0 radical (unpaired) electrons. The van der Waals surface area contributed by atoms with Crippen LogP contribution in [0.15, 0.2) is 465 Å². The first-order valence-corrected chi connectivity index (χ1v) is 43.9. The summed E-state index contributed by atoms with van der Waals surface area (Å²) < 4.78 is 9.15. The van der Waals surface area contributed by atoms with Crippen LogP contribution in [-0.4, -0.2) is 15.0 Å². The molecule has 594 valence electrons. The van der Waals surface area contributed by atoms with E-state index in [1.165, 1.54) is 112 Å². The van der Waals surface area contributed by atoms with Gasteiger partial charge in [0.1, 0.15) is 23.0 Å². The standard InChI is InChI=1S/C43H28N2.C39H24N2S.C37H24N2O/c1-2-13-29(14-3-1)30-15-12-16-31(27-30)45(43-40-23-9-8-21-37(40)39-22-10-11-24-42(39)44-43)32-25-26-38-35-19-5-4-17-33(35)34-18-6-7-20-36(34)41(38)28-32;1-2-10-29-25(9-1)17-18-26-23-27(19-21-30(26)29)41(28-20-22-38-35(24-28)33-13-6-8-16-37(33)42-38)39-34-14-4-3-11-31(34)32-12-5-7-15-36(32)40-39;1-2-12-25(13-3-1)26-14-10-15-27(24-26)39(34-22-11-20-31-30-18-7-9-23-35(30)40-36(31)34)37-32-19-5-4-16-28(32)29-17-6-8-21-33(29)38-37/h1-28H;1-24H;1-24H. The molecule has 0 spiro atoms. The highest BCUT2D eigenvalue weighted by atomic mass is 32.1. The second-order valence-corrected chi connectivity index (χ2v) is 33.5. The summed E-state index contributed by atoms with van der Waals surface area (Å²) in [7, 11) is 0. The lowest BCUT2D eigenvalue weighted by atomic mass is 9.94. The fourth-order valence-corrected chi connectivity index (χ4v) is 20.3. The number of hydrogen-bond acceptors (Lipinski definition) is 8. The minimum absolute atomic E-state index is 0.841. The Kier molecular flexibility index (Phi) is 18.3. The minimum atomic E-state index is 0.841. The number of anilines is 9. The number of benzene rings is 21. The Morgan fingerprint density at radius 1 is 0.181 bits per heavy atom. The van der Waals surface area contributed by atoms with Gasteiger partial charge in [0.25, 0.3) is 0 Å². The first-order valence-electron chi connectivity index (χ1n) is 43.1. The zero-order valence-electron chi connectivity index (χ0n) is 68.9. The quantitative estimate of drug-likeness (QED) is 0.120. The van der Waals surface area contributed by atoms with Gasteiger partial charge in [-0.2, -0.15) is 0 Å². The van der Waals surface area contributed by atoms with Crippen LogP contribution in [-0.2, 0) is 0 Å². The Bertz CT molecular complexity index is 8810. The van der Waals surface area contributed by atoms with E-state index in [0.29, 0.717) is 0 Å². The molecule has 8 heteroatoms. The Morgan fingerprint density at radius 3 is 1.06 bits per heavy atom. The molecular weight excluding hydrogens is 1560 g/mol. The van der Waals surface area contributed by atoms with E-state index < -0.39 is 0 Å². The van der Waals surface area contributed by atoms with Crippen LogP contribution in [0.4, 0.5) is 51.6 Å². The number of thiophene rings is 1. The largest absolute Gasteiger partial charge is 0.454 e. The lowest BCUT2D eigenvalue weighted by Crippen LogP contribution is -2.13. The second-order valence-electron chi connectivity index (χ2n) is 32.4. The van der Waals surface area contributed by atoms with Gasteiger partial charge in [0.15, 0.2) is 5.58 Å². The molecule has 0 bridgehead atoms. The first kappa shape index (κ1) is 74.2. The summed E-state index contributed by atoms with van der Waals surface area (Å²) >= 11 is 1.85. The number of aromatic nitrogens is 3. The topological polar surface area (TPSA) is 61.5 Å². The number of nitrogens with zero attached hydrogens (tertiary/aromatic N) is 6. The lowest BCUT2D eigenvalue weighted by Gasteiger charge is -2.27. The van der Waals surface area contributed by atoms with Gasteiger partial charge in [0.2, 0.25) is 0 Å². The van der Waals surface area contributed by atoms with Crippen molar-refractivity contribution in [2.24, 2.45) is 0 Å². The van der Waals surface area contributed by atoms with Gasteiger partial charge in [-0.1, -0.05) is 358 Å². The molecule has 0 N–H and O–H groups in total. The number of para-hydroxylation sites is 5. The predicted molar refractivity (Wildman–Crippen MR) is 540 cm³/mol. The molecule has 5 aromatic heterocycles. The van der Waals surface area contributed by atoms with Crippen molar-refractivity contribution >= 4 is 224 Å². The first-order chi connectivity index (χ1) is 63.0. The molecule has 21 aromatic carbocycles. The van der Waals surface area contributed by atoms with Gasteiger partial charge < -0.3 is 4.42 Å². The maximum absolute atomic E-state index is 6.55. The summed E-state index contributed by atoms with van der Waals surface area (Å²) in [6.07, 6.45) is 0. The maximum Gasteiger partial charge on any atom is 0.159 e. The van der Waals surface area contributed by atoms with E-state index in [4.69, 9.17) is 19.4 Å². The number of rotatable bonds is 11. The lowest BCUT2D eigenvalue weighted by molar-refractivity contribution is 0.669. The van der Waals surface area contributed by atoms with Gasteiger partial charge in [-0.15, -0.1) is 11.3 Å². The zero-order chi connectivity index (χ0) is 83.8. The molecule has 0 fully saturated rings. The molecule has 26 aromatic rings. The Hall–Kier alpha value is -16.7. The summed E-state index contributed by atoms with van der Waals surface area (Å²) in [5.74, 6) is 2.72. The van der Waals surface area contributed by atoms with E-state index in [1.807, 2.05) is 35.6 Å². The highest BCUT2D eigenvalue weighted by Crippen LogP contribution is 2.50. The third-order valence-corrected chi connectivity index (χ3v) is 26.2. The van der Waals surface area contributed by atoms with Crippen LogP contribution in [0.3, 0.4) is 0 Å². The van der Waals surface area contributed by atoms with E-state index >= 15 is 0 Å². The van der Waals surface area contributed by atoms with E-state index in [2.05, 4.69) is 451 Å². The smallest absolute Gasteiger partial charge is 0.159 e. The van der Waals surface area contributed by atoms with Gasteiger partial charge in [-0.05, 0) is 195 Å². The number of fused-ring (bicyclic) bond motifs is 24.